The second-order valence-electron chi connectivity index (χ2n) is 9.61. The van der Waals surface area contributed by atoms with Crippen molar-refractivity contribution in [2.24, 2.45) is 23.2 Å². The number of carbonyl (C=O) groups excluding carboxylic acids is 2. The molecule has 0 aromatic heterocycles. The van der Waals surface area contributed by atoms with Crippen LogP contribution in [0.2, 0.25) is 0 Å². The molecule has 2 aliphatic carbocycles. The van der Waals surface area contributed by atoms with Crippen LogP contribution in [-0.4, -0.2) is 52.2 Å². The lowest BCUT2D eigenvalue weighted by Crippen LogP contribution is -2.54. The topological polar surface area (TPSA) is 95.9 Å². The van der Waals surface area contributed by atoms with Gasteiger partial charge in [-0.15, -0.1) is 0 Å². The molecule has 2 N–H and O–H groups in total. The Kier molecular flexibility index (Phi) is 4.48. The van der Waals surface area contributed by atoms with Crippen molar-refractivity contribution in [3.63, 3.8) is 0 Å². The molecule has 7 heteroatoms. The van der Waals surface area contributed by atoms with Crippen LogP contribution in [0, 0.1) is 23.2 Å². The number of hydrogen-bond donors (Lipinski definition) is 2. The van der Waals surface area contributed by atoms with E-state index in [1.165, 1.54) is 4.90 Å². The van der Waals surface area contributed by atoms with Gasteiger partial charge in [0.1, 0.15) is 17.7 Å². The van der Waals surface area contributed by atoms with Crippen molar-refractivity contribution in [2.45, 2.75) is 71.6 Å². The second-order valence-corrected chi connectivity index (χ2v) is 9.61. The number of carboxylic acids is 1. The Morgan fingerprint density at radius 1 is 1.27 bits per heavy atom. The van der Waals surface area contributed by atoms with Gasteiger partial charge in [0, 0.05) is 12.5 Å². The lowest BCUT2D eigenvalue weighted by atomic mass is 9.99. The first-order valence-corrected chi connectivity index (χ1v) is 9.44. The highest BCUT2D eigenvalue weighted by Gasteiger charge is 2.69. The lowest BCUT2D eigenvalue weighted by molar-refractivity contribution is -0.151. The van der Waals surface area contributed by atoms with Gasteiger partial charge in [-0.2, -0.15) is 0 Å². The van der Waals surface area contributed by atoms with E-state index in [9.17, 15) is 19.5 Å². The van der Waals surface area contributed by atoms with Crippen LogP contribution in [0.15, 0.2) is 0 Å². The van der Waals surface area contributed by atoms with Gasteiger partial charge in [-0.25, -0.2) is 9.59 Å². The van der Waals surface area contributed by atoms with Gasteiger partial charge in [0.15, 0.2) is 0 Å². The van der Waals surface area contributed by atoms with Gasteiger partial charge < -0.3 is 20.1 Å². The zero-order valence-electron chi connectivity index (χ0n) is 16.2. The number of nitrogens with zero attached hydrogens (tertiary/aromatic N) is 1. The average molecular weight is 366 g/mol. The number of amides is 2. The normalized spacial score (nSPS) is 30.3. The fourth-order valence-corrected chi connectivity index (χ4v) is 4.35. The molecule has 2 amide bonds. The molecule has 3 rings (SSSR count). The highest BCUT2D eigenvalue weighted by molar-refractivity contribution is 5.90. The first-order valence-electron chi connectivity index (χ1n) is 9.44. The van der Waals surface area contributed by atoms with Crippen LogP contribution in [0.5, 0.6) is 0 Å². The van der Waals surface area contributed by atoms with E-state index in [1.807, 2.05) is 0 Å². The van der Waals surface area contributed by atoms with Gasteiger partial charge in [0.2, 0.25) is 5.91 Å². The Labute approximate surface area is 154 Å². The first kappa shape index (κ1) is 19.0. The molecular weight excluding hydrogens is 336 g/mol. The van der Waals surface area contributed by atoms with E-state index in [0.717, 1.165) is 12.8 Å². The number of nitrogens with one attached hydrogen (secondary N) is 1. The summed E-state index contributed by atoms with van der Waals surface area (Å²) in [7, 11) is 0. The fourth-order valence-electron chi connectivity index (χ4n) is 4.35. The largest absolute Gasteiger partial charge is 0.480 e. The number of rotatable bonds is 5. The molecule has 2 saturated carbocycles. The Morgan fingerprint density at radius 2 is 1.88 bits per heavy atom. The van der Waals surface area contributed by atoms with Gasteiger partial charge in [0.05, 0.1) is 0 Å². The summed E-state index contributed by atoms with van der Waals surface area (Å²) in [5.74, 6) is -0.629. The predicted octanol–water partition coefficient (Wildman–Crippen LogP) is 2.25. The maximum absolute atomic E-state index is 13.1. The van der Waals surface area contributed by atoms with Crippen LogP contribution >= 0.6 is 0 Å². The Hall–Kier alpha value is -1.79. The summed E-state index contributed by atoms with van der Waals surface area (Å²) in [5, 5.41) is 12.4. The van der Waals surface area contributed by atoms with E-state index >= 15 is 0 Å². The van der Waals surface area contributed by atoms with Gasteiger partial charge in [-0.05, 0) is 44.4 Å². The average Bonchev–Trinajstić information content (AvgIpc) is 3.31. The molecule has 146 valence electrons. The number of alkyl carbamates (subject to hydrolysis) is 1. The van der Waals surface area contributed by atoms with Gasteiger partial charge in [-0.3, -0.25) is 4.79 Å². The fraction of sp³-hybridized carbons (Fsp3) is 0.842. The van der Waals surface area contributed by atoms with Crippen LogP contribution in [0.4, 0.5) is 4.79 Å². The molecule has 0 spiro atoms. The third-order valence-corrected chi connectivity index (χ3v) is 6.00. The van der Waals surface area contributed by atoms with E-state index < -0.39 is 29.7 Å². The summed E-state index contributed by atoms with van der Waals surface area (Å²) < 4.78 is 5.28. The monoisotopic (exact) mass is 366 g/mol. The molecule has 0 aromatic rings. The number of likely N-dealkylation sites (tertiary alicyclic amines) is 1. The number of piperidine rings is 1. The van der Waals surface area contributed by atoms with Crippen molar-refractivity contribution < 1.29 is 24.2 Å². The molecule has 3 fully saturated rings. The Bertz CT molecular complexity index is 620. The van der Waals surface area contributed by atoms with E-state index in [4.69, 9.17) is 4.74 Å². The molecular formula is C19H30N2O5. The minimum atomic E-state index is -0.959. The van der Waals surface area contributed by atoms with Crippen molar-refractivity contribution in [1.82, 2.24) is 10.2 Å². The van der Waals surface area contributed by atoms with Crippen LogP contribution in [0.25, 0.3) is 0 Å². The minimum absolute atomic E-state index is 0.00736. The molecule has 0 unspecified atom stereocenters. The third-order valence-electron chi connectivity index (χ3n) is 6.00. The predicted molar refractivity (Wildman–Crippen MR) is 94.4 cm³/mol. The van der Waals surface area contributed by atoms with Crippen LogP contribution in [-0.2, 0) is 14.3 Å². The summed E-state index contributed by atoms with van der Waals surface area (Å²) in [6, 6.07) is -1.52. The molecule has 0 radical (unpaired) electrons. The summed E-state index contributed by atoms with van der Waals surface area (Å²) in [6.45, 7) is 9.86. The van der Waals surface area contributed by atoms with Crippen molar-refractivity contribution in [3.8, 4) is 0 Å². The maximum atomic E-state index is 13.1. The van der Waals surface area contributed by atoms with Crippen molar-refractivity contribution in [3.05, 3.63) is 0 Å². The molecule has 0 aromatic carbocycles. The molecule has 1 heterocycles. The zero-order chi connectivity index (χ0) is 19.4. The van der Waals surface area contributed by atoms with Crippen LogP contribution < -0.4 is 5.32 Å². The van der Waals surface area contributed by atoms with Crippen molar-refractivity contribution in [2.75, 3.05) is 6.54 Å². The molecule has 1 saturated heterocycles. The molecule has 4 atom stereocenters. The number of carboxylic acid groups (broad SMARTS) is 1. The lowest BCUT2D eigenvalue weighted by Gasteiger charge is -2.32. The highest BCUT2D eigenvalue weighted by atomic mass is 16.6. The Morgan fingerprint density at radius 3 is 2.38 bits per heavy atom. The standard InChI is InChI=1S/C19H30N2O5/c1-18(2,3)26-17(25)20-12(8-10-6-7-10)15(22)21-9-11-13(19(11,4)5)14(21)16(23)24/h10-14H,6-9H2,1-5H3,(H,20,25)(H,23,24)/t11-,12-,13-,14-/m0/s1. The minimum Gasteiger partial charge on any atom is -0.480 e. The molecule has 7 nitrogen and oxygen atoms in total. The summed E-state index contributed by atoms with van der Waals surface area (Å²) >= 11 is 0. The zero-order valence-corrected chi connectivity index (χ0v) is 16.2. The van der Waals surface area contributed by atoms with Crippen molar-refractivity contribution >= 4 is 18.0 Å². The summed E-state index contributed by atoms with van der Waals surface area (Å²) in [4.78, 5) is 38.5. The smallest absolute Gasteiger partial charge is 0.408 e. The number of ether oxygens (including phenoxy) is 1. The van der Waals surface area contributed by atoms with E-state index in [2.05, 4.69) is 19.2 Å². The SMILES string of the molecule is CC(C)(C)OC(=O)N[C@@H](CC1CC1)C(=O)N1C[C@H]2[C@@H]([C@H]1C(=O)O)C2(C)C. The summed E-state index contributed by atoms with van der Waals surface area (Å²) in [5.41, 5.74) is -0.690. The molecule has 0 bridgehead atoms. The Balaban J connectivity index is 1.71. The molecule has 26 heavy (non-hydrogen) atoms. The molecule has 3 aliphatic rings. The highest BCUT2D eigenvalue weighted by Crippen LogP contribution is 2.64. The quantitative estimate of drug-likeness (QED) is 0.778. The summed E-state index contributed by atoms with van der Waals surface area (Å²) in [6.07, 6.45) is 1.99. The van der Waals surface area contributed by atoms with Gasteiger partial charge in [0.25, 0.3) is 0 Å². The van der Waals surface area contributed by atoms with E-state index in [-0.39, 0.29) is 23.2 Å². The van der Waals surface area contributed by atoms with Crippen LogP contribution in [0.3, 0.4) is 0 Å². The van der Waals surface area contributed by atoms with Gasteiger partial charge in [-0.1, -0.05) is 26.7 Å². The second kappa shape index (κ2) is 6.13. The third kappa shape index (κ3) is 3.67. The van der Waals surface area contributed by atoms with E-state index in [0.29, 0.717) is 18.9 Å². The maximum Gasteiger partial charge on any atom is 0.408 e. The number of fused-ring (bicyclic) bond motifs is 1. The number of aliphatic carboxylic acids is 1. The van der Waals surface area contributed by atoms with E-state index in [1.54, 1.807) is 20.8 Å². The number of hydrogen-bond acceptors (Lipinski definition) is 4. The van der Waals surface area contributed by atoms with Gasteiger partial charge >= 0.3 is 12.1 Å². The number of carbonyl (C=O) groups is 3. The van der Waals surface area contributed by atoms with Crippen LogP contribution in [0.1, 0.15) is 53.9 Å². The first-order chi connectivity index (χ1) is 11.9. The van der Waals surface area contributed by atoms with Crippen molar-refractivity contribution in [1.29, 1.82) is 0 Å². The molecule has 1 aliphatic heterocycles.